The lowest BCUT2D eigenvalue weighted by Crippen LogP contribution is -2.08. The van der Waals surface area contributed by atoms with Crippen molar-refractivity contribution in [3.63, 3.8) is 0 Å². The first-order chi connectivity index (χ1) is 17.0. The first-order valence-electron chi connectivity index (χ1n) is 10.3. The number of fused-ring (bicyclic) bond motifs is 1. The van der Waals surface area contributed by atoms with Crippen LogP contribution in [0, 0.1) is 5.82 Å². The van der Waals surface area contributed by atoms with Gasteiger partial charge in [-0.15, -0.1) is 15.0 Å². The monoisotopic (exact) mass is 487 g/mol. The van der Waals surface area contributed by atoms with E-state index in [-0.39, 0.29) is 11.0 Å². The van der Waals surface area contributed by atoms with Gasteiger partial charge in [-0.25, -0.2) is 19.2 Å². The molecule has 172 valence electrons. The van der Waals surface area contributed by atoms with E-state index < -0.39 is 11.8 Å². The van der Waals surface area contributed by atoms with Crippen LogP contribution in [0.5, 0.6) is 0 Å². The lowest BCUT2D eigenvalue weighted by molar-refractivity contribution is -0.131. The molecule has 0 amide bonds. The van der Waals surface area contributed by atoms with Crippen LogP contribution in [-0.2, 0) is 4.79 Å². The Labute approximate surface area is 202 Å². The molecule has 35 heavy (non-hydrogen) atoms. The highest BCUT2D eigenvalue weighted by Gasteiger charge is 2.16. The van der Waals surface area contributed by atoms with Crippen LogP contribution in [0.3, 0.4) is 0 Å². The van der Waals surface area contributed by atoms with Crippen molar-refractivity contribution < 1.29 is 14.3 Å². The Hall–Kier alpha value is -4.70. The minimum atomic E-state index is -1.05. The minimum Gasteiger partial charge on any atom is -0.478 e. The molecule has 2 aromatic carbocycles. The van der Waals surface area contributed by atoms with Gasteiger partial charge in [0, 0.05) is 29.7 Å². The quantitative estimate of drug-likeness (QED) is 0.324. The number of carbonyl (C=O) groups is 1. The van der Waals surface area contributed by atoms with E-state index in [9.17, 15) is 9.18 Å². The molecule has 0 spiro atoms. The van der Waals surface area contributed by atoms with E-state index in [2.05, 4.69) is 30.5 Å². The smallest absolute Gasteiger partial charge is 0.328 e. The van der Waals surface area contributed by atoms with Crippen molar-refractivity contribution in [3.05, 3.63) is 89.5 Å². The third-order valence-corrected chi connectivity index (χ3v) is 5.20. The fourth-order valence-electron chi connectivity index (χ4n) is 3.32. The Bertz CT molecular complexity index is 1570. The van der Waals surface area contributed by atoms with E-state index >= 15 is 0 Å². The molecule has 0 bridgehead atoms. The van der Waals surface area contributed by atoms with Crippen LogP contribution >= 0.6 is 11.6 Å². The highest BCUT2D eigenvalue weighted by molar-refractivity contribution is 6.31. The topological polar surface area (TPSA) is 119 Å². The van der Waals surface area contributed by atoms with Gasteiger partial charge in [-0.1, -0.05) is 29.8 Å². The molecule has 5 rings (SSSR count). The average Bonchev–Trinajstić information content (AvgIpc) is 3.29. The largest absolute Gasteiger partial charge is 0.478 e. The lowest BCUT2D eigenvalue weighted by atomic mass is 10.0. The third-order valence-electron chi connectivity index (χ3n) is 4.91. The van der Waals surface area contributed by atoms with Crippen molar-refractivity contribution >= 4 is 46.4 Å². The second-order valence-electron chi connectivity index (χ2n) is 7.32. The molecule has 5 aromatic rings. The zero-order valence-electron chi connectivity index (χ0n) is 17.8. The molecule has 0 saturated carbocycles. The molecule has 0 atom stereocenters. The van der Waals surface area contributed by atoms with Gasteiger partial charge < -0.3 is 10.4 Å². The number of halogens is 2. The Balaban J connectivity index is 1.61. The van der Waals surface area contributed by atoms with Crippen LogP contribution in [0.1, 0.15) is 5.56 Å². The number of hydrogen-bond acceptors (Lipinski definition) is 7. The van der Waals surface area contributed by atoms with E-state index in [4.69, 9.17) is 16.7 Å². The summed E-state index contributed by atoms with van der Waals surface area (Å²) < 4.78 is 13.5. The number of carboxylic acid groups (broad SMARTS) is 1. The summed E-state index contributed by atoms with van der Waals surface area (Å²) in [4.78, 5) is 25.5. The zero-order valence-corrected chi connectivity index (χ0v) is 18.6. The third kappa shape index (κ3) is 4.82. The first-order valence-corrected chi connectivity index (χ1v) is 10.6. The predicted octanol–water partition coefficient (Wildman–Crippen LogP) is 4.91. The van der Waals surface area contributed by atoms with E-state index in [1.165, 1.54) is 29.1 Å². The highest BCUT2D eigenvalue weighted by atomic mass is 35.5. The first kappa shape index (κ1) is 22.1. The molecule has 2 N–H and O–H groups in total. The maximum Gasteiger partial charge on any atom is 0.328 e. The summed E-state index contributed by atoms with van der Waals surface area (Å²) in [6.45, 7) is 0. The second-order valence-corrected chi connectivity index (χ2v) is 7.72. The fourth-order valence-corrected chi connectivity index (χ4v) is 3.50. The van der Waals surface area contributed by atoms with Gasteiger partial charge in [-0.2, -0.15) is 4.98 Å². The van der Waals surface area contributed by atoms with Crippen molar-refractivity contribution in [2.24, 2.45) is 0 Å². The summed E-state index contributed by atoms with van der Waals surface area (Å²) in [7, 11) is 0. The van der Waals surface area contributed by atoms with Crippen LogP contribution in [0.2, 0.25) is 5.02 Å². The normalized spacial score (nSPS) is 11.3. The molecule has 0 fully saturated rings. The number of aromatic nitrogens is 6. The van der Waals surface area contributed by atoms with Gasteiger partial charge in [-0.05, 0) is 53.6 Å². The van der Waals surface area contributed by atoms with Crippen LogP contribution in [0.4, 0.5) is 16.0 Å². The van der Waals surface area contributed by atoms with Crippen molar-refractivity contribution in [2.45, 2.75) is 0 Å². The van der Waals surface area contributed by atoms with Crippen LogP contribution in [-0.4, -0.2) is 41.0 Å². The zero-order chi connectivity index (χ0) is 24.4. The SMILES string of the molecule is O=C(O)/C=C/c1cccc(-c2cnc(Nc3ccc(F)c(Cl)c3)nc2-n2nc3cccnc3n2)c1. The van der Waals surface area contributed by atoms with Gasteiger partial charge in [0.1, 0.15) is 11.3 Å². The van der Waals surface area contributed by atoms with Crippen LogP contribution < -0.4 is 5.32 Å². The van der Waals surface area contributed by atoms with Crippen molar-refractivity contribution in [1.82, 2.24) is 29.9 Å². The summed E-state index contributed by atoms with van der Waals surface area (Å²) in [5.74, 6) is -1.02. The van der Waals surface area contributed by atoms with Gasteiger partial charge in [0.25, 0.3) is 0 Å². The lowest BCUT2D eigenvalue weighted by Gasteiger charge is -2.11. The molecule has 0 aliphatic rings. The van der Waals surface area contributed by atoms with E-state index in [0.717, 1.165) is 11.6 Å². The number of anilines is 2. The van der Waals surface area contributed by atoms with E-state index in [1.807, 2.05) is 6.07 Å². The molecule has 3 aromatic heterocycles. The maximum absolute atomic E-state index is 13.5. The van der Waals surface area contributed by atoms with Gasteiger partial charge >= 0.3 is 5.97 Å². The Morgan fingerprint density at radius 1 is 1.09 bits per heavy atom. The molecule has 3 heterocycles. The Kier molecular flexibility index (Phi) is 5.86. The number of rotatable bonds is 6. The molecule has 9 nitrogen and oxygen atoms in total. The summed E-state index contributed by atoms with van der Waals surface area (Å²) in [5, 5.41) is 20.8. The van der Waals surface area contributed by atoms with Crippen molar-refractivity contribution in [2.75, 3.05) is 5.32 Å². The molecule has 0 saturated heterocycles. The molecule has 0 radical (unpaired) electrons. The number of carboxylic acids is 1. The summed E-state index contributed by atoms with van der Waals surface area (Å²) in [6.07, 6.45) is 5.76. The standard InChI is InChI=1S/C24H15ClFN7O2/c25-18-12-16(7-8-19(18)26)29-24-28-13-17(15-4-1-3-14(11-15)6-9-21(34)35)23(30-24)33-31-20-5-2-10-27-22(20)32-33/h1-13H,(H,34,35)(H,28,29,30)/b9-6+. The maximum atomic E-state index is 13.5. The van der Waals surface area contributed by atoms with Gasteiger partial charge in [-0.3, -0.25) is 0 Å². The Morgan fingerprint density at radius 2 is 1.97 bits per heavy atom. The fraction of sp³-hybridized carbons (Fsp3) is 0. The summed E-state index contributed by atoms with van der Waals surface area (Å²) in [5.41, 5.74) is 3.51. The number of hydrogen-bond donors (Lipinski definition) is 2. The predicted molar refractivity (Wildman–Crippen MR) is 129 cm³/mol. The van der Waals surface area contributed by atoms with Crippen LogP contribution in [0.15, 0.2) is 73.1 Å². The molecule has 0 aliphatic heterocycles. The van der Waals surface area contributed by atoms with Crippen molar-refractivity contribution in [3.8, 4) is 16.9 Å². The van der Waals surface area contributed by atoms with E-state index in [1.54, 1.807) is 42.7 Å². The average molecular weight is 488 g/mol. The molecular weight excluding hydrogens is 473 g/mol. The molecular formula is C24H15ClFN7O2. The Morgan fingerprint density at radius 3 is 2.77 bits per heavy atom. The summed E-state index contributed by atoms with van der Waals surface area (Å²) >= 11 is 5.89. The molecule has 0 unspecified atom stereocenters. The van der Waals surface area contributed by atoms with Crippen LogP contribution in [0.25, 0.3) is 34.2 Å². The highest BCUT2D eigenvalue weighted by Crippen LogP contribution is 2.28. The number of nitrogens with one attached hydrogen (secondary N) is 1. The van der Waals surface area contributed by atoms with Gasteiger partial charge in [0.05, 0.1) is 5.02 Å². The number of aliphatic carboxylic acids is 1. The number of benzene rings is 2. The van der Waals surface area contributed by atoms with Gasteiger partial charge in [0.2, 0.25) is 11.6 Å². The summed E-state index contributed by atoms with van der Waals surface area (Å²) in [6, 6.07) is 14.9. The molecule has 11 heteroatoms. The van der Waals surface area contributed by atoms with E-state index in [0.29, 0.717) is 33.8 Å². The number of nitrogens with zero attached hydrogens (tertiary/aromatic N) is 6. The van der Waals surface area contributed by atoms with Gasteiger partial charge in [0.15, 0.2) is 5.82 Å². The van der Waals surface area contributed by atoms with Crippen molar-refractivity contribution in [1.29, 1.82) is 0 Å². The number of pyridine rings is 1. The minimum absolute atomic E-state index is 0.0378. The molecule has 0 aliphatic carbocycles. The second kappa shape index (κ2) is 9.27.